The normalized spacial score (nSPS) is 15.6. The second-order valence-corrected chi connectivity index (χ2v) is 7.93. The molecule has 0 bridgehead atoms. The van der Waals surface area contributed by atoms with Gasteiger partial charge in [-0.15, -0.1) is 0 Å². The Balaban J connectivity index is 5.11. The molecule has 0 aromatic carbocycles. The number of nitrogens with zero attached hydrogens (tertiary/aromatic N) is 2. The minimum absolute atomic E-state index is 0.264. The summed E-state index contributed by atoms with van der Waals surface area (Å²) >= 11 is 0. The fourth-order valence-corrected chi connectivity index (χ4v) is 2.35. The Kier molecular flexibility index (Phi) is 9.60. The third kappa shape index (κ3) is 7.46. The van der Waals surface area contributed by atoms with Gasteiger partial charge >= 0.3 is 12.1 Å². The summed E-state index contributed by atoms with van der Waals surface area (Å²) in [6.45, 7) is 9.62. The van der Waals surface area contributed by atoms with Gasteiger partial charge in [0.15, 0.2) is 5.78 Å². The van der Waals surface area contributed by atoms with E-state index in [0.29, 0.717) is 0 Å². The quantitative estimate of drug-likeness (QED) is 0.607. The zero-order valence-electron chi connectivity index (χ0n) is 18.3. The van der Waals surface area contributed by atoms with Gasteiger partial charge < -0.3 is 19.5 Å². The van der Waals surface area contributed by atoms with E-state index in [4.69, 9.17) is 4.74 Å². The lowest BCUT2D eigenvalue weighted by molar-refractivity contribution is -0.152. The number of carbonyl (C=O) groups excluding carboxylic acids is 4. The van der Waals surface area contributed by atoms with Gasteiger partial charge in [0.2, 0.25) is 5.91 Å². The van der Waals surface area contributed by atoms with E-state index in [1.807, 2.05) is 0 Å². The molecule has 4 atom stereocenters. The van der Waals surface area contributed by atoms with Crippen molar-refractivity contribution in [3.05, 3.63) is 0 Å². The number of likely N-dealkylation sites (N-methyl/N-ethyl adjacent to an activating group) is 2. The van der Waals surface area contributed by atoms with E-state index in [1.165, 1.54) is 46.9 Å². The van der Waals surface area contributed by atoms with E-state index in [-0.39, 0.29) is 6.42 Å². The van der Waals surface area contributed by atoms with Crippen LogP contribution in [-0.2, 0) is 23.9 Å². The van der Waals surface area contributed by atoms with E-state index in [0.717, 1.165) is 4.90 Å². The van der Waals surface area contributed by atoms with Gasteiger partial charge in [-0.1, -0.05) is 0 Å². The van der Waals surface area contributed by atoms with Crippen LogP contribution in [0.1, 0.15) is 48.0 Å². The number of methoxy groups -OCH3 is 1. The molecule has 0 aliphatic heterocycles. The monoisotopic (exact) mass is 402 g/mol. The highest BCUT2D eigenvalue weighted by molar-refractivity contribution is 5.93. The van der Waals surface area contributed by atoms with Crippen LogP contribution in [0.5, 0.6) is 0 Å². The predicted octanol–water partition coefficient (Wildman–Crippen LogP) is 1.22. The van der Waals surface area contributed by atoms with Crippen LogP contribution >= 0.6 is 0 Å². The molecule has 28 heavy (non-hydrogen) atoms. The lowest BCUT2D eigenvalue weighted by Crippen LogP contribution is -2.51. The maximum absolute atomic E-state index is 12.7. The third-order valence-electron chi connectivity index (χ3n) is 4.52. The number of ether oxygens (including phenoxy) is 2. The summed E-state index contributed by atoms with van der Waals surface area (Å²) in [5.74, 6) is -2.56. The van der Waals surface area contributed by atoms with Gasteiger partial charge in [0.25, 0.3) is 0 Å². The molecule has 9 heteroatoms. The molecule has 1 N–H and O–H groups in total. The first kappa shape index (κ1) is 25.8. The molecule has 0 rings (SSSR count). The number of esters is 1. The summed E-state index contributed by atoms with van der Waals surface area (Å²) in [6.07, 6.45) is -1.98. The Morgan fingerprint density at radius 2 is 1.46 bits per heavy atom. The third-order valence-corrected chi connectivity index (χ3v) is 4.52. The molecule has 0 saturated heterocycles. The zero-order valence-corrected chi connectivity index (χ0v) is 18.3. The van der Waals surface area contributed by atoms with Crippen molar-refractivity contribution in [1.82, 2.24) is 9.80 Å². The topological polar surface area (TPSA) is 113 Å². The van der Waals surface area contributed by atoms with Crippen LogP contribution in [-0.4, -0.2) is 83.7 Å². The Bertz CT molecular complexity index is 583. The van der Waals surface area contributed by atoms with Crippen LogP contribution < -0.4 is 0 Å². The summed E-state index contributed by atoms with van der Waals surface area (Å²) in [5.41, 5.74) is -0.701. The minimum Gasteiger partial charge on any atom is -0.469 e. The maximum Gasteiger partial charge on any atom is 0.410 e. The number of carbonyl (C=O) groups is 4. The Labute approximate surface area is 166 Å². The van der Waals surface area contributed by atoms with Crippen LogP contribution in [0.15, 0.2) is 0 Å². The maximum atomic E-state index is 12.7. The second-order valence-electron chi connectivity index (χ2n) is 7.93. The molecule has 0 aliphatic carbocycles. The lowest BCUT2D eigenvalue weighted by Gasteiger charge is -2.32. The molecule has 9 nitrogen and oxygen atoms in total. The zero-order chi connectivity index (χ0) is 22.4. The van der Waals surface area contributed by atoms with E-state index >= 15 is 0 Å². The number of aliphatic hydroxyl groups is 1. The number of rotatable bonds is 8. The summed E-state index contributed by atoms with van der Waals surface area (Å²) in [6, 6.07) is -1.71. The van der Waals surface area contributed by atoms with Crippen LogP contribution in [0.25, 0.3) is 0 Å². The standard InChI is InChI=1S/C19H34N2O7/c1-11(15(23)10-14(13(3)22)17(25)27-9)20(7)16(24)12(2)21(8)18(26)28-19(4,5)6/h11-14,22H,10H2,1-9H3/t11-,12+,13+,14-/m1/s1. The van der Waals surface area contributed by atoms with Crippen molar-refractivity contribution in [2.24, 2.45) is 5.92 Å². The molecule has 0 radical (unpaired) electrons. The molecular weight excluding hydrogens is 368 g/mol. The molecule has 2 amide bonds. The van der Waals surface area contributed by atoms with Crippen molar-refractivity contribution >= 4 is 23.8 Å². The van der Waals surface area contributed by atoms with Crippen molar-refractivity contribution in [2.45, 2.75) is 71.8 Å². The van der Waals surface area contributed by atoms with Gasteiger partial charge in [-0.25, -0.2) is 4.79 Å². The van der Waals surface area contributed by atoms with E-state index < -0.39 is 53.5 Å². The molecule has 0 aliphatic rings. The fraction of sp³-hybridized carbons (Fsp3) is 0.789. The summed E-state index contributed by atoms with van der Waals surface area (Å²) in [4.78, 5) is 51.5. The van der Waals surface area contributed by atoms with Crippen LogP contribution in [0.4, 0.5) is 4.79 Å². The average Bonchev–Trinajstić information content (AvgIpc) is 2.60. The first-order valence-corrected chi connectivity index (χ1v) is 9.15. The molecular formula is C19H34N2O7. The molecule has 162 valence electrons. The van der Waals surface area contributed by atoms with Crippen LogP contribution in [0.2, 0.25) is 0 Å². The number of Topliss-reactive ketones (excluding diaryl/α,β-unsaturated/α-hetero) is 1. The van der Waals surface area contributed by atoms with Gasteiger partial charge in [-0.05, 0) is 41.5 Å². The van der Waals surface area contributed by atoms with Crippen molar-refractivity contribution in [1.29, 1.82) is 0 Å². The van der Waals surface area contributed by atoms with Gasteiger partial charge in [-0.3, -0.25) is 19.3 Å². The average molecular weight is 402 g/mol. The fourth-order valence-electron chi connectivity index (χ4n) is 2.35. The first-order chi connectivity index (χ1) is 12.6. The highest BCUT2D eigenvalue weighted by Crippen LogP contribution is 2.16. The van der Waals surface area contributed by atoms with E-state index in [2.05, 4.69) is 4.74 Å². The van der Waals surface area contributed by atoms with Crippen molar-refractivity contribution in [3.63, 3.8) is 0 Å². The van der Waals surface area contributed by atoms with Gasteiger partial charge in [-0.2, -0.15) is 0 Å². The number of hydrogen-bond acceptors (Lipinski definition) is 7. The Morgan fingerprint density at radius 3 is 1.86 bits per heavy atom. The highest BCUT2D eigenvalue weighted by atomic mass is 16.6. The van der Waals surface area contributed by atoms with Crippen LogP contribution in [0.3, 0.4) is 0 Å². The first-order valence-electron chi connectivity index (χ1n) is 9.15. The van der Waals surface area contributed by atoms with Gasteiger partial charge in [0.1, 0.15) is 11.6 Å². The van der Waals surface area contributed by atoms with Crippen LogP contribution in [0, 0.1) is 5.92 Å². The molecule has 0 unspecified atom stereocenters. The Hall–Kier alpha value is -2.16. The van der Waals surface area contributed by atoms with Gasteiger partial charge in [0, 0.05) is 20.5 Å². The minimum atomic E-state index is -1.07. The molecule has 0 heterocycles. The van der Waals surface area contributed by atoms with Crippen molar-refractivity contribution < 1.29 is 33.8 Å². The lowest BCUT2D eigenvalue weighted by atomic mass is 9.94. The van der Waals surface area contributed by atoms with E-state index in [9.17, 15) is 24.3 Å². The summed E-state index contributed by atoms with van der Waals surface area (Å²) in [7, 11) is 4.06. The SMILES string of the molecule is COC(=O)[C@H](CC(=O)[C@@H](C)N(C)C(=O)[C@H](C)N(C)C(=O)OC(C)(C)C)[C@H](C)O. The molecule has 0 aromatic rings. The number of hydrogen-bond donors (Lipinski definition) is 1. The predicted molar refractivity (Wildman–Crippen MR) is 103 cm³/mol. The molecule has 0 spiro atoms. The smallest absolute Gasteiger partial charge is 0.410 e. The molecule has 0 saturated carbocycles. The largest absolute Gasteiger partial charge is 0.469 e. The second kappa shape index (κ2) is 10.4. The van der Waals surface area contributed by atoms with Crippen molar-refractivity contribution in [2.75, 3.05) is 21.2 Å². The number of aliphatic hydroxyl groups excluding tert-OH is 1. The Morgan fingerprint density at radius 1 is 0.964 bits per heavy atom. The summed E-state index contributed by atoms with van der Waals surface area (Å²) in [5, 5.41) is 9.72. The van der Waals surface area contributed by atoms with Gasteiger partial charge in [0.05, 0.1) is 25.2 Å². The molecule has 0 aromatic heterocycles. The number of amides is 2. The molecule has 0 fully saturated rings. The van der Waals surface area contributed by atoms with Crippen molar-refractivity contribution in [3.8, 4) is 0 Å². The highest BCUT2D eigenvalue weighted by Gasteiger charge is 2.34. The van der Waals surface area contributed by atoms with E-state index in [1.54, 1.807) is 20.8 Å². The summed E-state index contributed by atoms with van der Waals surface area (Å²) < 4.78 is 9.85. The number of ketones is 1.